The molecule has 8 heteroatoms. The standard InChI is InChI=1S/C22H28N2O5S/c1-15-5-6-16(2)21(13-15)30(26,27)24-11-9-17(10-12-24)22(25)23-19-14-18(28-3)7-8-20(19)29-4/h5-8,13-14,17H,9-12H2,1-4H3,(H,23,25). The Hall–Kier alpha value is -2.58. The number of anilines is 1. The number of methoxy groups -OCH3 is 2. The van der Waals surface area contributed by atoms with Crippen molar-refractivity contribution in [1.29, 1.82) is 0 Å². The van der Waals surface area contributed by atoms with Crippen LogP contribution >= 0.6 is 0 Å². The Morgan fingerprint density at radius 1 is 1.03 bits per heavy atom. The molecule has 0 radical (unpaired) electrons. The van der Waals surface area contributed by atoms with Crippen LogP contribution in [0.2, 0.25) is 0 Å². The molecule has 0 saturated carbocycles. The number of carbonyl (C=O) groups excluding carboxylic acids is 1. The third kappa shape index (κ3) is 4.60. The second-order valence-corrected chi connectivity index (χ2v) is 9.41. The maximum Gasteiger partial charge on any atom is 0.243 e. The van der Waals surface area contributed by atoms with Gasteiger partial charge in [0.2, 0.25) is 15.9 Å². The van der Waals surface area contributed by atoms with Gasteiger partial charge in [-0.2, -0.15) is 4.31 Å². The van der Waals surface area contributed by atoms with Gasteiger partial charge >= 0.3 is 0 Å². The molecule has 1 fully saturated rings. The van der Waals surface area contributed by atoms with Crippen molar-refractivity contribution in [1.82, 2.24) is 4.31 Å². The van der Waals surface area contributed by atoms with E-state index >= 15 is 0 Å². The summed E-state index contributed by atoms with van der Waals surface area (Å²) in [7, 11) is -0.487. The Morgan fingerprint density at radius 3 is 2.37 bits per heavy atom. The minimum atomic E-state index is -3.58. The summed E-state index contributed by atoms with van der Waals surface area (Å²) < 4.78 is 38.2. The summed E-state index contributed by atoms with van der Waals surface area (Å²) in [5.41, 5.74) is 2.17. The summed E-state index contributed by atoms with van der Waals surface area (Å²) in [5.74, 6) is 0.732. The number of piperidine rings is 1. The fourth-order valence-corrected chi connectivity index (χ4v) is 5.41. The van der Waals surface area contributed by atoms with E-state index in [0.717, 1.165) is 11.1 Å². The smallest absolute Gasteiger partial charge is 0.243 e. The molecule has 1 amide bonds. The monoisotopic (exact) mass is 432 g/mol. The van der Waals surface area contributed by atoms with E-state index in [1.54, 1.807) is 38.3 Å². The van der Waals surface area contributed by atoms with Crippen molar-refractivity contribution in [3.8, 4) is 11.5 Å². The second-order valence-electron chi connectivity index (χ2n) is 7.50. The van der Waals surface area contributed by atoms with Crippen LogP contribution in [0.25, 0.3) is 0 Å². The van der Waals surface area contributed by atoms with Crippen LogP contribution in [-0.4, -0.2) is 45.9 Å². The van der Waals surface area contributed by atoms with E-state index < -0.39 is 10.0 Å². The normalized spacial score (nSPS) is 15.6. The van der Waals surface area contributed by atoms with E-state index in [1.165, 1.54) is 11.4 Å². The lowest BCUT2D eigenvalue weighted by molar-refractivity contribution is -0.120. The molecule has 7 nitrogen and oxygen atoms in total. The molecule has 162 valence electrons. The van der Waals surface area contributed by atoms with Crippen molar-refractivity contribution in [3.63, 3.8) is 0 Å². The highest BCUT2D eigenvalue weighted by Gasteiger charge is 2.33. The molecule has 3 rings (SSSR count). The van der Waals surface area contributed by atoms with E-state index in [0.29, 0.717) is 48.0 Å². The molecule has 0 spiro atoms. The SMILES string of the molecule is COc1ccc(OC)c(NC(=O)C2CCN(S(=O)(=O)c3cc(C)ccc3C)CC2)c1. The topological polar surface area (TPSA) is 84.9 Å². The van der Waals surface area contributed by atoms with Crippen LogP contribution in [0.5, 0.6) is 11.5 Å². The summed E-state index contributed by atoms with van der Waals surface area (Å²) >= 11 is 0. The van der Waals surface area contributed by atoms with Crippen LogP contribution in [0.3, 0.4) is 0 Å². The van der Waals surface area contributed by atoms with E-state index in [1.807, 2.05) is 19.1 Å². The molecule has 0 aromatic heterocycles. The van der Waals surface area contributed by atoms with Crippen LogP contribution in [-0.2, 0) is 14.8 Å². The van der Waals surface area contributed by atoms with Gasteiger partial charge in [-0.25, -0.2) is 8.42 Å². The minimum absolute atomic E-state index is 0.148. The molecule has 1 aliphatic heterocycles. The first-order valence-electron chi connectivity index (χ1n) is 9.86. The molecule has 2 aromatic rings. The van der Waals surface area contributed by atoms with Gasteiger partial charge in [-0.15, -0.1) is 0 Å². The van der Waals surface area contributed by atoms with E-state index in [-0.39, 0.29) is 11.8 Å². The Balaban J connectivity index is 1.68. The summed E-state index contributed by atoms with van der Waals surface area (Å²) in [5, 5.41) is 2.90. The van der Waals surface area contributed by atoms with Gasteiger partial charge in [-0.3, -0.25) is 4.79 Å². The third-order valence-corrected chi connectivity index (χ3v) is 7.49. The molecule has 1 aliphatic rings. The number of sulfonamides is 1. The number of nitrogens with zero attached hydrogens (tertiary/aromatic N) is 1. The van der Waals surface area contributed by atoms with E-state index in [2.05, 4.69) is 5.32 Å². The zero-order chi connectivity index (χ0) is 21.9. The zero-order valence-corrected chi connectivity index (χ0v) is 18.6. The number of rotatable bonds is 6. The summed E-state index contributed by atoms with van der Waals surface area (Å²) in [6.07, 6.45) is 0.921. The lowest BCUT2D eigenvalue weighted by atomic mass is 9.97. The highest BCUT2D eigenvalue weighted by Crippen LogP contribution is 2.31. The van der Waals surface area contributed by atoms with Crippen molar-refractivity contribution in [2.45, 2.75) is 31.6 Å². The van der Waals surface area contributed by atoms with Crippen LogP contribution < -0.4 is 14.8 Å². The summed E-state index contributed by atoms with van der Waals surface area (Å²) in [4.78, 5) is 13.1. The molecule has 0 bridgehead atoms. The van der Waals surface area contributed by atoms with Gasteiger partial charge in [0, 0.05) is 25.1 Å². The van der Waals surface area contributed by atoms with Crippen molar-refractivity contribution in [2.24, 2.45) is 5.92 Å². The first-order chi connectivity index (χ1) is 14.3. The van der Waals surface area contributed by atoms with E-state index in [9.17, 15) is 13.2 Å². The molecular weight excluding hydrogens is 404 g/mol. The number of benzene rings is 2. The Morgan fingerprint density at radius 2 is 1.73 bits per heavy atom. The molecule has 0 aliphatic carbocycles. The first-order valence-corrected chi connectivity index (χ1v) is 11.3. The number of ether oxygens (including phenoxy) is 2. The molecular formula is C22H28N2O5S. The summed E-state index contributed by atoms with van der Waals surface area (Å²) in [6, 6.07) is 10.6. The predicted octanol–water partition coefficient (Wildman–Crippen LogP) is 3.36. The zero-order valence-electron chi connectivity index (χ0n) is 17.8. The summed E-state index contributed by atoms with van der Waals surface area (Å²) in [6.45, 7) is 4.29. The second kappa shape index (κ2) is 9.06. The lowest BCUT2D eigenvalue weighted by Crippen LogP contribution is -2.41. The molecule has 30 heavy (non-hydrogen) atoms. The van der Waals surface area contributed by atoms with Crippen LogP contribution in [0.1, 0.15) is 24.0 Å². The van der Waals surface area contributed by atoms with Crippen molar-refractivity contribution in [2.75, 3.05) is 32.6 Å². The van der Waals surface area contributed by atoms with Crippen LogP contribution in [0.15, 0.2) is 41.3 Å². The molecule has 0 unspecified atom stereocenters. The third-order valence-electron chi connectivity index (χ3n) is 5.45. The molecule has 1 saturated heterocycles. The average molecular weight is 433 g/mol. The molecule has 1 N–H and O–H groups in total. The lowest BCUT2D eigenvalue weighted by Gasteiger charge is -2.31. The maximum absolute atomic E-state index is 13.1. The van der Waals surface area contributed by atoms with Crippen molar-refractivity contribution in [3.05, 3.63) is 47.5 Å². The van der Waals surface area contributed by atoms with Gasteiger partial charge in [0.05, 0.1) is 24.8 Å². The average Bonchev–Trinajstić information content (AvgIpc) is 2.75. The number of hydrogen-bond acceptors (Lipinski definition) is 5. The number of carbonyl (C=O) groups is 1. The Kier molecular flexibility index (Phi) is 6.67. The first kappa shape index (κ1) is 22.1. The quantitative estimate of drug-likeness (QED) is 0.757. The number of hydrogen-bond donors (Lipinski definition) is 1. The van der Waals surface area contributed by atoms with Crippen molar-refractivity contribution < 1.29 is 22.7 Å². The fourth-order valence-electron chi connectivity index (χ4n) is 3.63. The van der Waals surface area contributed by atoms with Gasteiger partial charge in [0.25, 0.3) is 0 Å². The minimum Gasteiger partial charge on any atom is -0.497 e. The fraction of sp³-hybridized carbons (Fsp3) is 0.409. The van der Waals surface area contributed by atoms with Crippen LogP contribution in [0, 0.1) is 19.8 Å². The maximum atomic E-state index is 13.1. The Bertz CT molecular complexity index is 1030. The van der Waals surface area contributed by atoms with Gasteiger partial charge in [0.1, 0.15) is 11.5 Å². The largest absolute Gasteiger partial charge is 0.497 e. The van der Waals surface area contributed by atoms with Gasteiger partial charge in [-0.05, 0) is 56.0 Å². The molecule has 2 aromatic carbocycles. The van der Waals surface area contributed by atoms with E-state index in [4.69, 9.17) is 9.47 Å². The van der Waals surface area contributed by atoms with Crippen molar-refractivity contribution >= 4 is 21.6 Å². The van der Waals surface area contributed by atoms with Gasteiger partial charge in [0.15, 0.2) is 0 Å². The number of nitrogens with one attached hydrogen (secondary N) is 1. The van der Waals surface area contributed by atoms with Crippen LogP contribution in [0.4, 0.5) is 5.69 Å². The highest BCUT2D eigenvalue weighted by atomic mass is 32.2. The number of amides is 1. The Labute approximate surface area is 178 Å². The molecule has 1 heterocycles. The highest BCUT2D eigenvalue weighted by molar-refractivity contribution is 7.89. The van der Waals surface area contributed by atoms with Gasteiger partial charge < -0.3 is 14.8 Å². The van der Waals surface area contributed by atoms with Gasteiger partial charge in [-0.1, -0.05) is 12.1 Å². The predicted molar refractivity (Wildman–Crippen MR) is 116 cm³/mol. The molecule has 0 atom stereocenters. The number of aryl methyl sites for hydroxylation is 2.